The number of anilines is 1. The fraction of sp³-hybridized carbons (Fsp3) is 0.750. The van der Waals surface area contributed by atoms with Crippen LogP contribution < -0.4 is 10.6 Å². The second-order valence-corrected chi connectivity index (χ2v) is 4.70. The van der Waals surface area contributed by atoms with Crippen molar-refractivity contribution in [2.24, 2.45) is 5.73 Å². The number of rotatable bonds is 2. The predicted octanol–water partition coefficient (Wildman–Crippen LogP) is -0.255. The maximum Gasteiger partial charge on any atom is 0.208 e. The lowest BCUT2D eigenvalue weighted by Crippen LogP contribution is -2.35. The summed E-state index contributed by atoms with van der Waals surface area (Å²) in [6.07, 6.45) is 0.447. The maximum atomic E-state index is 9.53. The van der Waals surface area contributed by atoms with Crippen molar-refractivity contribution in [1.29, 1.82) is 0 Å². The van der Waals surface area contributed by atoms with Gasteiger partial charge < -0.3 is 15.7 Å². The van der Waals surface area contributed by atoms with Crippen LogP contribution in [0.4, 0.5) is 5.13 Å². The number of aromatic nitrogens is 2. The smallest absolute Gasteiger partial charge is 0.208 e. The molecule has 14 heavy (non-hydrogen) atoms. The Balaban J connectivity index is 2.17. The summed E-state index contributed by atoms with van der Waals surface area (Å²) in [5.41, 5.74) is 5.63. The van der Waals surface area contributed by atoms with Gasteiger partial charge in [-0.1, -0.05) is 11.3 Å². The quantitative estimate of drug-likeness (QED) is 0.709. The summed E-state index contributed by atoms with van der Waals surface area (Å²) in [4.78, 5) is 2.05. The molecule has 6 heteroatoms. The largest absolute Gasteiger partial charge is 0.391 e. The number of aryl methyl sites for hydroxylation is 1. The van der Waals surface area contributed by atoms with Crippen LogP contribution in [0.3, 0.4) is 0 Å². The standard InChI is InChI=1S/C8H14N4OS/c1-5-10-11-8(14-5)12-4-7(13)2-6(12)3-9/h6-7,13H,2-4,9H2,1H3/t6-,7+/m0/s1. The van der Waals surface area contributed by atoms with E-state index in [-0.39, 0.29) is 12.1 Å². The van der Waals surface area contributed by atoms with Crippen molar-refractivity contribution in [2.45, 2.75) is 25.5 Å². The topological polar surface area (TPSA) is 75.3 Å². The molecule has 0 amide bonds. The summed E-state index contributed by atoms with van der Waals surface area (Å²) in [5.74, 6) is 0. The first-order chi connectivity index (χ1) is 6.70. The van der Waals surface area contributed by atoms with Crippen LogP contribution >= 0.6 is 11.3 Å². The van der Waals surface area contributed by atoms with Crippen molar-refractivity contribution < 1.29 is 5.11 Å². The summed E-state index contributed by atoms with van der Waals surface area (Å²) in [7, 11) is 0. The van der Waals surface area contributed by atoms with Gasteiger partial charge in [-0.25, -0.2) is 0 Å². The highest BCUT2D eigenvalue weighted by atomic mass is 32.1. The summed E-state index contributed by atoms with van der Waals surface area (Å²) in [6, 6.07) is 0.206. The van der Waals surface area contributed by atoms with Gasteiger partial charge >= 0.3 is 0 Å². The SMILES string of the molecule is Cc1nnc(N2C[C@H](O)C[C@H]2CN)s1. The Kier molecular flexibility index (Phi) is 2.66. The van der Waals surface area contributed by atoms with E-state index in [4.69, 9.17) is 5.73 Å². The zero-order valence-electron chi connectivity index (χ0n) is 8.05. The van der Waals surface area contributed by atoms with Gasteiger partial charge in [-0.15, -0.1) is 10.2 Å². The van der Waals surface area contributed by atoms with Crippen LogP contribution in [0, 0.1) is 6.92 Å². The number of nitrogens with two attached hydrogens (primary N) is 1. The number of hydrogen-bond acceptors (Lipinski definition) is 6. The Morgan fingerprint density at radius 2 is 2.43 bits per heavy atom. The molecule has 0 saturated carbocycles. The molecule has 0 spiro atoms. The average molecular weight is 214 g/mol. The van der Waals surface area contributed by atoms with Gasteiger partial charge in [-0.05, 0) is 13.3 Å². The molecular formula is C8H14N4OS. The second-order valence-electron chi connectivity index (χ2n) is 3.54. The lowest BCUT2D eigenvalue weighted by molar-refractivity contribution is 0.194. The lowest BCUT2D eigenvalue weighted by Gasteiger charge is -2.21. The Morgan fingerprint density at radius 3 is 3.00 bits per heavy atom. The molecule has 1 aromatic rings. The van der Waals surface area contributed by atoms with E-state index < -0.39 is 0 Å². The Morgan fingerprint density at radius 1 is 1.64 bits per heavy atom. The van der Waals surface area contributed by atoms with E-state index in [9.17, 15) is 5.11 Å². The van der Waals surface area contributed by atoms with E-state index >= 15 is 0 Å². The minimum Gasteiger partial charge on any atom is -0.391 e. The molecule has 0 unspecified atom stereocenters. The molecule has 2 heterocycles. The van der Waals surface area contributed by atoms with E-state index in [0.717, 1.165) is 16.6 Å². The maximum absolute atomic E-state index is 9.53. The summed E-state index contributed by atoms with van der Waals surface area (Å²) < 4.78 is 0. The fourth-order valence-electron chi connectivity index (χ4n) is 1.75. The first-order valence-electron chi connectivity index (χ1n) is 4.65. The van der Waals surface area contributed by atoms with Crippen LogP contribution in [0.15, 0.2) is 0 Å². The van der Waals surface area contributed by atoms with Crippen LogP contribution in [0.2, 0.25) is 0 Å². The molecule has 0 aromatic carbocycles. The molecule has 2 atom stereocenters. The third kappa shape index (κ3) is 1.73. The zero-order valence-corrected chi connectivity index (χ0v) is 8.87. The molecule has 3 N–H and O–H groups in total. The number of β-amino-alcohol motifs (C(OH)–C–C–N with tert-alkyl or cyclic N) is 1. The zero-order chi connectivity index (χ0) is 10.1. The van der Waals surface area contributed by atoms with Crippen molar-refractivity contribution in [1.82, 2.24) is 10.2 Å². The Bertz CT molecular complexity index is 316. The molecule has 1 aliphatic heterocycles. The lowest BCUT2D eigenvalue weighted by atomic mass is 10.2. The van der Waals surface area contributed by atoms with Gasteiger partial charge in [0.2, 0.25) is 5.13 Å². The Hall–Kier alpha value is -0.720. The normalized spacial score (nSPS) is 27.2. The Labute approximate surface area is 86.6 Å². The summed E-state index contributed by atoms with van der Waals surface area (Å²) >= 11 is 1.54. The van der Waals surface area contributed by atoms with Crippen molar-refractivity contribution >= 4 is 16.5 Å². The second kappa shape index (κ2) is 3.80. The first-order valence-corrected chi connectivity index (χ1v) is 5.47. The van der Waals surface area contributed by atoms with Gasteiger partial charge in [0.1, 0.15) is 5.01 Å². The van der Waals surface area contributed by atoms with Crippen LogP contribution in [0.25, 0.3) is 0 Å². The van der Waals surface area contributed by atoms with Crippen LogP contribution in [0.5, 0.6) is 0 Å². The molecule has 0 bridgehead atoms. The van der Waals surface area contributed by atoms with Gasteiger partial charge in [0.15, 0.2) is 0 Å². The van der Waals surface area contributed by atoms with E-state index in [1.165, 1.54) is 0 Å². The molecule has 1 fully saturated rings. The molecule has 1 aliphatic rings. The average Bonchev–Trinajstić information content (AvgIpc) is 2.71. The monoisotopic (exact) mass is 214 g/mol. The third-order valence-electron chi connectivity index (χ3n) is 2.43. The third-order valence-corrected chi connectivity index (χ3v) is 3.30. The van der Waals surface area contributed by atoms with Crippen LogP contribution in [-0.4, -0.2) is 40.5 Å². The van der Waals surface area contributed by atoms with Crippen LogP contribution in [-0.2, 0) is 0 Å². The number of hydrogen-bond donors (Lipinski definition) is 2. The van der Waals surface area contributed by atoms with Gasteiger partial charge in [0.25, 0.3) is 0 Å². The molecule has 5 nitrogen and oxygen atoms in total. The highest BCUT2D eigenvalue weighted by Gasteiger charge is 2.31. The minimum absolute atomic E-state index is 0.206. The van der Waals surface area contributed by atoms with Gasteiger partial charge in [0, 0.05) is 19.1 Å². The molecule has 0 radical (unpaired) electrons. The van der Waals surface area contributed by atoms with E-state index in [1.54, 1.807) is 11.3 Å². The molecule has 1 aromatic heterocycles. The number of aliphatic hydroxyl groups excluding tert-OH is 1. The highest BCUT2D eigenvalue weighted by Crippen LogP contribution is 2.27. The summed E-state index contributed by atoms with van der Waals surface area (Å²) in [5, 5.41) is 19.4. The van der Waals surface area contributed by atoms with E-state index in [0.29, 0.717) is 13.1 Å². The predicted molar refractivity (Wildman–Crippen MR) is 55.5 cm³/mol. The number of aliphatic hydroxyl groups is 1. The number of nitrogens with zero attached hydrogens (tertiary/aromatic N) is 3. The molecule has 0 aliphatic carbocycles. The molecule has 78 valence electrons. The van der Waals surface area contributed by atoms with Crippen LogP contribution in [0.1, 0.15) is 11.4 Å². The van der Waals surface area contributed by atoms with E-state index in [2.05, 4.69) is 15.1 Å². The van der Waals surface area contributed by atoms with Gasteiger partial charge in [-0.3, -0.25) is 0 Å². The van der Waals surface area contributed by atoms with Crippen molar-refractivity contribution in [3.05, 3.63) is 5.01 Å². The van der Waals surface area contributed by atoms with Gasteiger partial charge in [0.05, 0.1) is 6.10 Å². The first kappa shape index (κ1) is 9.82. The van der Waals surface area contributed by atoms with E-state index in [1.807, 2.05) is 6.92 Å². The molecule has 2 rings (SSSR count). The molecule has 1 saturated heterocycles. The minimum atomic E-state index is -0.284. The van der Waals surface area contributed by atoms with Crippen molar-refractivity contribution in [3.63, 3.8) is 0 Å². The highest BCUT2D eigenvalue weighted by molar-refractivity contribution is 7.15. The molecular weight excluding hydrogens is 200 g/mol. The summed E-state index contributed by atoms with van der Waals surface area (Å²) in [6.45, 7) is 3.09. The van der Waals surface area contributed by atoms with Crippen molar-refractivity contribution in [2.75, 3.05) is 18.0 Å². The van der Waals surface area contributed by atoms with Gasteiger partial charge in [-0.2, -0.15) is 0 Å². The fourth-order valence-corrected chi connectivity index (χ4v) is 2.52. The van der Waals surface area contributed by atoms with Crippen molar-refractivity contribution in [3.8, 4) is 0 Å².